The zero-order valence-electron chi connectivity index (χ0n) is 15.6. The number of anilines is 1. The molecule has 1 amide bonds. The molecule has 1 atom stereocenters. The molecule has 0 aliphatic rings. The van der Waals surface area contributed by atoms with Gasteiger partial charge in [-0.2, -0.15) is 0 Å². The molecule has 0 bridgehead atoms. The molecule has 0 fully saturated rings. The lowest BCUT2D eigenvalue weighted by molar-refractivity contribution is -0.119. The number of carbonyl (C=O) groups excluding carboxylic acids is 1. The maximum atomic E-state index is 11.1. The fourth-order valence-electron chi connectivity index (χ4n) is 2.93. The van der Waals surface area contributed by atoms with Crippen molar-refractivity contribution in [2.24, 2.45) is 0 Å². The minimum atomic E-state index is -0.00256. The van der Waals surface area contributed by atoms with E-state index in [4.69, 9.17) is 0 Å². The third-order valence-corrected chi connectivity index (χ3v) is 4.22. The molecule has 0 spiro atoms. The molecule has 138 valence electrons. The molecule has 5 heteroatoms. The van der Waals surface area contributed by atoms with Crippen LogP contribution in [0.25, 0.3) is 11.1 Å². The lowest BCUT2D eigenvalue weighted by atomic mass is 10.0. The van der Waals surface area contributed by atoms with Crippen molar-refractivity contribution in [3.63, 3.8) is 0 Å². The van der Waals surface area contributed by atoms with E-state index in [0.29, 0.717) is 12.5 Å². The van der Waals surface area contributed by atoms with Crippen LogP contribution < -0.4 is 10.6 Å². The van der Waals surface area contributed by atoms with Crippen LogP contribution >= 0.6 is 0 Å². The van der Waals surface area contributed by atoms with Crippen molar-refractivity contribution in [1.82, 2.24) is 15.3 Å². The average Bonchev–Trinajstić information content (AvgIpc) is 2.68. The minimum Gasteiger partial charge on any atom is -0.354 e. The van der Waals surface area contributed by atoms with Crippen molar-refractivity contribution in [2.45, 2.75) is 32.9 Å². The zero-order valence-corrected chi connectivity index (χ0v) is 15.6. The first-order chi connectivity index (χ1) is 13.1. The van der Waals surface area contributed by atoms with E-state index in [0.717, 1.165) is 17.5 Å². The summed E-state index contributed by atoms with van der Waals surface area (Å²) in [6.45, 7) is 4.24. The van der Waals surface area contributed by atoms with E-state index < -0.39 is 0 Å². The van der Waals surface area contributed by atoms with Crippen LogP contribution in [0.1, 0.15) is 25.0 Å². The van der Waals surface area contributed by atoms with Crippen LogP contribution in [0.4, 0.5) is 5.95 Å². The summed E-state index contributed by atoms with van der Waals surface area (Å²) in [4.78, 5) is 19.9. The van der Waals surface area contributed by atoms with E-state index >= 15 is 0 Å². The van der Waals surface area contributed by atoms with Gasteiger partial charge in [-0.25, -0.2) is 9.97 Å². The SMILES string of the molecule is CC(=O)NC(C)Cc1ccc(-c2cnc(NCc3ccccc3)nc2)cc1. The van der Waals surface area contributed by atoms with Crippen LogP contribution in [0.3, 0.4) is 0 Å². The molecule has 2 N–H and O–H groups in total. The van der Waals surface area contributed by atoms with Crippen LogP contribution in [0, 0.1) is 0 Å². The molecule has 3 aromatic rings. The van der Waals surface area contributed by atoms with Crippen molar-refractivity contribution < 1.29 is 4.79 Å². The van der Waals surface area contributed by atoms with Crippen molar-refractivity contribution in [3.05, 3.63) is 78.1 Å². The van der Waals surface area contributed by atoms with Gasteiger partial charge in [-0.3, -0.25) is 4.79 Å². The molecule has 0 saturated heterocycles. The van der Waals surface area contributed by atoms with Crippen molar-refractivity contribution in [1.29, 1.82) is 0 Å². The summed E-state index contributed by atoms with van der Waals surface area (Å²) in [5.74, 6) is 0.612. The largest absolute Gasteiger partial charge is 0.354 e. The number of nitrogens with zero attached hydrogens (tertiary/aromatic N) is 2. The van der Waals surface area contributed by atoms with Crippen molar-refractivity contribution in [3.8, 4) is 11.1 Å². The number of nitrogens with one attached hydrogen (secondary N) is 2. The lowest BCUT2D eigenvalue weighted by Crippen LogP contribution is -2.31. The Labute approximate surface area is 159 Å². The smallest absolute Gasteiger partial charge is 0.222 e. The van der Waals surface area contributed by atoms with Gasteiger partial charge in [-0.05, 0) is 30.0 Å². The first-order valence-corrected chi connectivity index (χ1v) is 9.06. The van der Waals surface area contributed by atoms with E-state index in [1.54, 1.807) is 0 Å². The highest BCUT2D eigenvalue weighted by Crippen LogP contribution is 2.19. The number of hydrogen-bond acceptors (Lipinski definition) is 4. The standard InChI is InChI=1S/C22H24N4O/c1-16(26-17(2)27)12-18-8-10-20(11-9-18)21-14-24-22(25-15-21)23-13-19-6-4-3-5-7-19/h3-11,14-16H,12-13H2,1-2H3,(H,26,27)(H,23,24,25). The van der Waals surface area contributed by atoms with Crippen LogP contribution in [-0.2, 0) is 17.8 Å². The average molecular weight is 360 g/mol. The van der Waals surface area contributed by atoms with Gasteiger partial charge >= 0.3 is 0 Å². The number of aromatic nitrogens is 2. The van der Waals surface area contributed by atoms with Crippen LogP contribution in [0.2, 0.25) is 0 Å². The molecule has 3 rings (SSSR count). The fourth-order valence-corrected chi connectivity index (χ4v) is 2.93. The first-order valence-electron chi connectivity index (χ1n) is 9.06. The molecule has 1 unspecified atom stereocenters. The van der Waals surface area contributed by atoms with Gasteiger partial charge in [0, 0.05) is 37.5 Å². The highest BCUT2D eigenvalue weighted by molar-refractivity contribution is 5.73. The van der Waals surface area contributed by atoms with Gasteiger partial charge < -0.3 is 10.6 Å². The Balaban J connectivity index is 1.59. The lowest BCUT2D eigenvalue weighted by Gasteiger charge is -2.12. The number of hydrogen-bond donors (Lipinski definition) is 2. The van der Waals surface area contributed by atoms with Crippen LogP contribution in [0.15, 0.2) is 67.0 Å². The minimum absolute atomic E-state index is 0.00256. The second-order valence-electron chi connectivity index (χ2n) is 6.64. The third-order valence-electron chi connectivity index (χ3n) is 4.22. The molecule has 1 aromatic heterocycles. The summed E-state index contributed by atoms with van der Waals surface area (Å²) < 4.78 is 0. The van der Waals surface area contributed by atoms with Gasteiger partial charge in [0.1, 0.15) is 0 Å². The van der Waals surface area contributed by atoms with E-state index in [-0.39, 0.29) is 11.9 Å². The quantitative estimate of drug-likeness (QED) is 0.672. The summed E-state index contributed by atoms with van der Waals surface area (Å²) in [5, 5.41) is 6.13. The third kappa shape index (κ3) is 5.64. The van der Waals surface area contributed by atoms with E-state index in [1.165, 1.54) is 18.1 Å². The molecular formula is C22H24N4O. The molecule has 2 aromatic carbocycles. The summed E-state index contributed by atoms with van der Waals surface area (Å²) in [6.07, 6.45) is 4.46. The second-order valence-corrected chi connectivity index (χ2v) is 6.64. The maximum Gasteiger partial charge on any atom is 0.222 e. The van der Waals surface area contributed by atoms with Crippen LogP contribution in [0.5, 0.6) is 0 Å². The fraction of sp³-hybridized carbons (Fsp3) is 0.227. The van der Waals surface area contributed by atoms with Gasteiger partial charge in [0.2, 0.25) is 11.9 Å². The number of amides is 1. The van der Waals surface area contributed by atoms with E-state index in [2.05, 4.69) is 57.0 Å². The topological polar surface area (TPSA) is 66.9 Å². The Morgan fingerprint density at radius 1 is 0.926 bits per heavy atom. The van der Waals surface area contributed by atoms with Crippen molar-refractivity contribution >= 4 is 11.9 Å². The molecular weight excluding hydrogens is 336 g/mol. The predicted molar refractivity (Wildman–Crippen MR) is 108 cm³/mol. The van der Waals surface area contributed by atoms with Gasteiger partial charge in [-0.15, -0.1) is 0 Å². The predicted octanol–water partition coefficient (Wildman–Crippen LogP) is 3.82. The molecule has 0 saturated carbocycles. The maximum absolute atomic E-state index is 11.1. The van der Waals surface area contributed by atoms with E-state index in [9.17, 15) is 4.79 Å². The molecule has 1 heterocycles. The first kappa shape index (κ1) is 18.6. The number of benzene rings is 2. The van der Waals surface area contributed by atoms with Gasteiger partial charge in [0.15, 0.2) is 0 Å². The summed E-state index contributed by atoms with van der Waals surface area (Å²) in [7, 11) is 0. The van der Waals surface area contributed by atoms with Gasteiger partial charge in [0.05, 0.1) is 0 Å². The number of rotatable bonds is 7. The van der Waals surface area contributed by atoms with Gasteiger partial charge in [0.25, 0.3) is 0 Å². The van der Waals surface area contributed by atoms with Crippen molar-refractivity contribution in [2.75, 3.05) is 5.32 Å². The number of carbonyl (C=O) groups is 1. The Bertz CT molecular complexity index is 861. The molecule has 5 nitrogen and oxygen atoms in total. The summed E-state index contributed by atoms with van der Waals surface area (Å²) in [5.41, 5.74) is 4.42. The Hall–Kier alpha value is -3.21. The molecule has 0 radical (unpaired) electrons. The van der Waals surface area contributed by atoms with E-state index in [1.807, 2.05) is 37.5 Å². The monoisotopic (exact) mass is 360 g/mol. The van der Waals surface area contributed by atoms with Crippen LogP contribution in [-0.4, -0.2) is 21.9 Å². The summed E-state index contributed by atoms with van der Waals surface area (Å²) in [6, 6.07) is 18.6. The Kier molecular flexibility index (Phi) is 6.15. The highest BCUT2D eigenvalue weighted by Gasteiger charge is 2.06. The molecule has 0 aliphatic heterocycles. The Morgan fingerprint density at radius 3 is 2.22 bits per heavy atom. The molecule has 27 heavy (non-hydrogen) atoms. The van der Waals surface area contributed by atoms with Gasteiger partial charge in [-0.1, -0.05) is 54.6 Å². The molecule has 0 aliphatic carbocycles. The Morgan fingerprint density at radius 2 is 1.59 bits per heavy atom. The zero-order chi connectivity index (χ0) is 19.1. The second kappa shape index (κ2) is 8.94. The summed E-state index contributed by atoms with van der Waals surface area (Å²) >= 11 is 0. The normalized spacial score (nSPS) is 11.6. The highest BCUT2D eigenvalue weighted by atomic mass is 16.1.